The molecule has 2 aromatic rings. The van der Waals surface area contributed by atoms with E-state index in [4.69, 9.17) is 4.42 Å². The van der Waals surface area contributed by atoms with E-state index in [0.717, 1.165) is 23.9 Å². The van der Waals surface area contributed by atoms with Gasteiger partial charge < -0.3 is 4.42 Å². The average molecular weight is 224 g/mol. The van der Waals surface area contributed by atoms with Gasteiger partial charge in [0.15, 0.2) is 5.58 Å². The van der Waals surface area contributed by atoms with E-state index in [1.54, 1.807) is 0 Å². The molecule has 1 fully saturated rings. The molecule has 0 atom stereocenters. The van der Waals surface area contributed by atoms with Crippen molar-refractivity contribution in [2.45, 2.75) is 25.7 Å². The third kappa shape index (κ3) is 1.72. The number of benzene rings is 1. The first-order valence-electron chi connectivity index (χ1n) is 5.86. The molecule has 1 aromatic heterocycles. The minimum absolute atomic E-state index is 0.477. The number of fused-ring (bicyclic) bond motifs is 1. The maximum Gasteiger partial charge on any atom is 0.238 e. The number of hydrogen-bond acceptors (Lipinski definition) is 3. The van der Waals surface area contributed by atoms with Crippen LogP contribution in [0.15, 0.2) is 34.3 Å². The van der Waals surface area contributed by atoms with Gasteiger partial charge in [-0.1, -0.05) is 12.1 Å². The molecule has 1 aliphatic carbocycles. The lowest BCUT2D eigenvalue weighted by Gasteiger charge is -1.97. The fourth-order valence-electron chi connectivity index (χ4n) is 2.31. The second-order valence-corrected chi connectivity index (χ2v) is 4.28. The van der Waals surface area contributed by atoms with Gasteiger partial charge in [-0.2, -0.15) is 5.26 Å². The van der Waals surface area contributed by atoms with Crippen LogP contribution in [-0.2, 0) is 0 Å². The molecule has 1 saturated carbocycles. The summed E-state index contributed by atoms with van der Waals surface area (Å²) < 4.78 is 5.64. The zero-order valence-corrected chi connectivity index (χ0v) is 9.44. The average Bonchev–Trinajstić information content (AvgIpc) is 2.98. The Labute approximate surface area is 99.4 Å². The first-order chi connectivity index (χ1) is 8.38. The Hall–Kier alpha value is -2.08. The second-order valence-electron chi connectivity index (χ2n) is 4.28. The van der Waals surface area contributed by atoms with E-state index < -0.39 is 0 Å². The molecule has 1 heterocycles. The van der Waals surface area contributed by atoms with Crippen LogP contribution in [0.2, 0.25) is 0 Å². The molecule has 0 amide bonds. The minimum atomic E-state index is 0.477. The molecule has 1 aliphatic rings. The van der Waals surface area contributed by atoms with E-state index >= 15 is 0 Å². The normalized spacial score (nSPS) is 15.1. The highest BCUT2D eigenvalue weighted by atomic mass is 16.3. The van der Waals surface area contributed by atoms with Gasteiger partial charge in [0.2, 0.25) is 5.89 Å². The van der Waals surface area contributed by atoms with E-state index in [9.17, 15) is 5.26 Å². The molecule has 0 N–H and O–H groups in total. The molecule has 0 saturated heterocycles. The molecule has 1 aromatic carbocycles. The van der Waals surface area contributed by atoms with Crippen LogP contribution in [-0.4, -0.2) is 4.98 Å². The van der Waals surface area contributed by atoms with Crippen LogP contribution in [0.5, 0.6) is 0 Å². The van der Waals surface area contributed by atoms with E-state index in [2.05, 4.69) is 11.1 Å². The Morgan fingerprint density at radius 3 is 2.71 bits per heavy atom. The summed E-state index contributed by atoms with van der Waals surface area (Å²) in [5.41, 5.74) is 3.39. The minimum Gasteiger partial charge on any atom is -0.435 e. The van der Waals surface area contributed by atoms with Gasteiger partial charge in [0.1, 0.15) is 17.2 Å². The largest absolute Gasteiger partial charge is 0.435 e. The Kier molecular flexibility index (Phi) is 2.41. The van der Waals surface area contributed by atoms with Crippen molar-refractivity contribution in [1.29, 1.82) is 5.26 Å². The van der Waals surface area contributed by atoms with Crippen molar-refractivity contribution in [2.75, 3.05) is 0 Å². The quantitative estimate of drug-likeness (QED) is 0.694. The molecule has 0 unspecified atom stereocenters. The highest BCUT2D eigenvalue weighted by Gasteiger charge is 2.18. The molecule has 17 heavy (non-hydrogen) atoms. The topological polar surface area (TPSA) is 49.8 Å². The molecular formula is C14H12N2O. The Bertz CT molecular complexity index is 590. The van der Waals surface area contributed by atoms with Gasteiger partial charge in [-0.3, -0.25) is 0 Å². The number of allylic oxidation sites excluding steroid dienone is 2. The van der Waals surface area contributed by atoms with Crippen molar-refractivity contribution in [1.82, 2.24) is 4.98 Å². The number of nitrogens with zero attached hydrogens (tertiary/aromatic N) is 2. The van der Waals surface area contributed by atoms with E-state index in [1.807, 2.05) is 24.3 Å². The van der Waals surface area contributed by atoms with Crippen molar-refractivity contribution < 1.29 is 4.42 Å². The maximum atomic E-state index is 9.26. The van der Waals surface area contributed by atoms with Crippen LogP contribution >= 0.6 is 0 Å². The molecular weight excluding hydrogens is 212 g/mol. The zero-order valence-electron chi connectivity index (χ0n) is 9.44. The summed E-state index contributed by atoms with van der Waals surface area (Å²) in [5, 5.41) is 9.26. The summed E-state index contributed by atoms with van der Waals surface area (Å²) in [6.45, 7) is 0. The molecule has 3 heteroatoms. The monoisotopic (exact) mass is 224 g/mol. The maximum absolute atomic E-state index is 9.26. The predicted molar refractivity (Wildman–Crippen MR) is 65.0 cm³/mol. The molecule has 0 spiro atoms. The van der Waals surface area contributed by atoms with Gasteiger partial charge in [0, 0.05) is 0 Å². The molecule has 0 bridgehead atoms. The highest BCUT2D eigenvalue weighted by Crippen LogP contribution is 2.32. The van der Waals surface area contributed by atoms with Crippen molar-refractivity contribution in [2.24, 2.45) is 0 Å². The van der Waals surface area contributed by atoms with Crippen LogP contribution in [0, 0.1) is 11.3 Å². The molecule has 84 valence electrons. The number of hydrogen-bond donors (Lipinski definition) is 0. The van der Waals surface area contributed by atoms with Gasteiger partial charge in [-0.15, -0.1) is 0 Å². The molecule has 0 radical (unpaired) electrons. The van der Waals surface area contributed by atoms with Crippen molar-refractivity contribution >= 4 is 16.7 Å². The van der Waals surface area contributed by atoms with E-state index in [-0.39, 0.29) is 0 Å². The van der Waals surface area contributed by atoms with Crippen molar-refractivity contribution in [3.8, 4) is 6.07 Å². The summed E-state index contributed by atoms with van der Waals surface area (Å²) >= 11 is 0. The number of oxazole rings is 1. The fourth-order valence-corrected chi connectivity index (χ4v) is 2.31. The second kappa shape index (κ2) is 4.06. The third-order valence-corrected chi connectivity index (χ3v) is 3.18. The number of aromatic nitrogens is 1. The number of rotatable bonds is 1. The van der Waals surface area contributed by atoms with Gasteiger partial charge in [0.25, 0.3) is 0 Å². The highest BCUT2D eigenvalue weighted by molar-refractivity contribution is 5.80. The van der Waals surface area contributed by atoms with Crippen LogP contribution in [0.25, 0.3) is 16.7 Å². The van der Waals surface area contributed by atoms with Gasteiger partial charge in [0.05, 0.1) is 0 Å². The standard InChI is InChI=1S/C14H12N2O/c15-9-11(10-5-1-2-6-10)14-16-12-7-3-4-8-13(12)17-14/h3-4,7-8H,1-2,5-6H2. The summed E-state index contributed by atoms with van der Waals surface area (Å²) in [6, 6.07) is 9.85. The summed E-state index contributed by atoms with van der Waals surface area (Å²) in [6.07, 6.45) is 4.34. The third-order valence-electron chi connectivity index (χ3n) is 3.18. The predicted octanol–water partition coefficient (Wildman–Crippen LogP) is 3.68. The molecule has 3 rings (SSSR count). The van der Waals surface area contributed by atoms with Crippen molar-refractivity contribution in [3.63, 3.8) is 0 Å². The number of nitriles is 1. The lowest BCUT2D eigenvalue weighted by Crippen LogP contribution is -1.86. The summed E-state index contributed by atoms with van der Waals surface area (Å²) in [7, 11) is 0. The molecule has 0 aliphatic heterocycles. The summed E-state index contributed by atoms with van der Waals surface area (Å²) in [5.74, 6) is 0.477. The van der Waals surface area contributed by atoms with Gasteiger partial charge in [-0.25, -0.2) is 4.98 Å². The van der Waals surface area contributed by atoms with Crippen LogP contribution in [0.1, 0.15) is 31.6 Å². The van der Waals surface area contributed by atoms with Crippen LogP contribution in [0.3, 0.4) is 0 Å². The lowest BCUT2D eigenvalue weighted by atomic mass is 10.1. The fraction of sp³-hybridized carbons (Fsp3) is 0.286. The Morgan fingerprint density at radius 1 is 1.24 bits per heavy atom. The summed E-state index contributed by atoms with van der Waals surface area (Å²) in [4.78, 5) is 4.38. The van der Waals surface area contributed by atoms with Gasteiger partial charge >= 0.3 is 0 Å². The van der Waals surface area contributed by atoms with Crippen LogP contribution < -0.4 is 0 Å². The smallest absolute Gasteiger partial charge is 0.238 e. The zero-order chi connectivity index (χ0) is 11.7. The van der Waals surface area contributed by atoms with Crippen molar-refractivity contribution in [3.05, 3.63) is 35.7 Å². The SMILES string of the molecule is N#CC(=C1CCCC1)c1nc2ccccc2o1. The first kappa shape index (κ1) is 10.1. The molecule has 3 nitrogen and oxygen atoms in total. The Morgan fingerprint density at radius 2 is 2.00 bits per heavy atom. The Balaban J connectivity index is 2.14. The van der Waals surface area contributed by atoms with E-state index in [1.165, 1.54) is 18.4 Å². The first-order valence-corrected chi connectivity index (χ1v) is 5.86. The van der Waals surface area contributed by atoms with E-state index in [0.29, 0.717) is 11.5 Å². The number of para-hydroxylation sites is 2. The van der Waals surface area contributed by atoms with Crippen LogP contribution in [0.4, 0.5) is 0 Å². The van der Waals surface area contributed by atoms with Gasteiger partial charge in [-0.05, 0) is 43.4 Å². The lowest BCUT2D eigenvalue weighted by molar-refractivity contribution is 0.585.